The maximum Gasteiger partial charge on any atom is 0.138 e. The number of nitrogens with zero attached hydrogens (tertiary/aromatic N) is 3. The molecule has 19 heavy (non-hydrogen) atoms. The molecule has 2 aromatic rings. The number of rotatable bonds is 5. The number of aromatic nitrogens is 3. The Bertz CT molecular complexity index is 518. The summed E-state index contributed by atoms with van der Waals surface area (Å²) in [5.41, 5.74) is 7.45. The third-order valence-corrected chi connectivity index (χ3v) is 3.52. The van der Waals surface area contributed by atoms with E-state index in [9.17, 15) is 0 Å². The molecule has 102 valence electrons. The summed E-state index contributed by atoms with van der Waals surface area (Å²) in [6.07, 6.45) is 3.19. The second kappa shape index (κ2) is 6.30. The fourth-order valence-corrected chi connectivity index (χ4v) is 2.35. The average molecular weight is 323 g/mol. The monoisotopic (exact) mass is 322 g/mol. The maximum absolute atomic E-state index is 6.21. The number of hydrogen-bond acceptors (Lipinski definition) is 3. The molecule has 1 aromatic heterocycles. The molecule has 2 N–H and O–H groups in total. The first kappa shape index (κ1) is 14.2. The Kier molecular flexibility index (Phi) is 4.71. The summed E-state index contributed by atoms with van der Waals surface area (Å²) >= 11 is 3.43. The van der Waals surface area contributed by atoms with Crippen LogP contribution in [0.4, 0.5) is 0 Å². The Morgan fingerprint density at radius 3 is 2.53 bits per heavy atom. The van der Waals surface area contributed by atoms with Crippen molar-refractivity contribution in [1.29, 1.82) is 0 Å². The average Bonchev–Trinajstić information content (AvgIpc) is 2.80. The fourth-order valence-electron chi connectivity index (χ4n) is 2.08. The van der Waals surface area contributed by atoms with E-state index in [2.05, 4.69) is 52.0 Å². The second-order valence-electron chi connectivity index (χ2n) is 5.01. The summed E-state index contributed by atoms with van der Waals surface area (Å²) in [6, 6.07) is 8.64. The van der Waals surface area contributed by atoms with Gasteiger partial charge in [0.05, 0.1) is 0 Å². The quantitative estimate of drug-likeness (QED) is 0.920. The molecule has 1 atom stereocenters. The molecule has 0 fully saturated rings. The zero-order chi connectivity index (χ0) is 13.8. The van der Waals surface area contributed by atoms with Crippen LogP contribution in [0.2, 0.25) is 0 Å². The van der Waals surface area contributed by atoms with E-state index in [0.29, 0.717) is 6.04 Å². The first-order valence-electron chi connectivity index (χ1n) is 6.44. The van der Waals surface area contributed by atoms with Crippen LogP contribution in [0.5, 0.6) is 0 Å². The summed E-state index contributed by atoms with van der Waals surface area (Å²) in [7, 11) is 0. The van der Waals surface area contributed by atoms with E-state index in [-0.39, 0.29) is 6.04 Å². The van der Waals surface area contributed by atoms with Crippen LogP contribution >= 0.6 is 15.9 Å². The van der Waals surface area contributed by atoms with Gasteiger partial charge in [-0.2, -0.15) is 5.10 Å². The smallest absolute Gasteiger partial charge is 0.138 e. The molecule has 0 saturated heterocycles. The lowest BCUT2D eigenvalue weighted by molar-refractivity contribution is 0.489. The van der Waals surface area contributed by atoms with E-state index in [1.54, 1.807) is 6.33 Å². The second-order valence-corrected chi connectivity index (χ2v) is 5.93. The van der Waals surface area contributed by atoms with Crippen molar-refractivity contribution in [2.24, 2.45) is 5.73 Å². The van der Waals surface area contributed by atoms with Gasteiger partial charge in [0, 0.05) is 23.0 Å². The van der Waals surface area contributed by atoms with Crippen molar-refractivity contribution in [2.75, 3.05) is 0 Å². The van der Waals surface area contributed by atoms with Crippen LogP contribution in [0.3, 0.4) is 0 Å². The van der Waals surface area contributed by atoms with Crippen molar-refractivity contribution in [3.05, 3.63) is 46.5 Å². The highest BCUT2D eigenvalue weighted by molar-refractivity contribution is 9.10. The predicted molar refractivity (Wildman–Crippen MR) is 79.9 cm³/mol. The van der Waals surface area contributed by atoms with Gasteiger partial charge in [0.2, 0.25) is 0 Å². The van der Waals surface area contributed by atoms with Gasteiger partial charge < -0.3 is 5.73 Å². The zero-order valence-electron chi connectivity index (χ0n) is 11.3. The predicted octanol–water partition coefficient (Wildman–Crippen LogP) is 2.73. The van der Waals surface area contributed by atoms with Gasteiger partial charge >= 0.3 is 0 Å². The minimum Gasteiger partial charge on any atom is -0.327 e. The minimum atomic E-state index is 0.0582. The Labute approximate surface area is 122 Å². The highest BCUT2D eigenvalue weighted by Crippen LogP contribution is 2.13. The number of benzene rings is 1. The molecule has 0 saturated carbocycles. The molecule has 0 radical (unpaired) electrons. The Morgan fingerprint density at radius 1 is 1.21 bits per heavy atom. The normalized spacial score (nSPS) is 12.9. The molecule has 0 aliphatic carbocycles. The minimum absolute atomic E-state index is 0.0582. The first-order valence-corrected chi connectivity index (χ1v) is 7.24. The lowest BCUT2D eigenvalue weighted by Crippen LogP contribution is -2.27. The van der Waals surface area contributed by atoms with Crippen molar-refractivity contribution in [1.82, 2.24) is 14.8 Å². The molecule has 4 nitrogen and oxygen atoms in total. The molecular formula is C14H19BrN4. The molecule has 2 rings (SSSR count). The molecule has 1 unspecified atom stereocenters. The largest absolute Gasteiger partial charge is 0.327 e. The number of nitrogens with two attached hydrogens (primary N) is 1. The standard InChI is InChI=1S/C14H19BrN4/c1-10(2)19-14(17-9-18-19)8-13(16)7-11-3-5-12(15)6-4-11/h3-6,9-10,13H,7-8,16H2,1-2H3. The number of hydrogen-bond donors (Lipinski definition) is 1. The third-order valence-electron chi connectivity index (χ3n) is 2.99. The van der Waals surface area contributed by atoms with E-state index in [1.165, 1.54) is 5.56 Å². The highest BCUT2D eigenvalue weighted by Gasteiger charge is 2.12. The van der Waals surface area contributed by atoms with Crippen molar-refractivity contribution in [2.45, 2.75) is 38.8 Å². The lowest BCUT2D eigenvalue weighted by Gasteiger charge is -2.14. The first-order chi connectivity index (χ1) is 9.06. The van der Waals surface area contributed by atoms with Gasteiger partial charge in [-0.1, -0.05) is 28.1 Å². The van der Waals surface area contributed by atoms with Gasteiger partial charge in [0.1, 0.15) is 12.2 Å². The molecule has 1 heterocycles. The van der Waals surface area contributed by atoms with E-state index in [4.69, 9.17) is 5.73 Å². The molecule has 0 amide bonds. The summed E-state index contributed by atoms with van der Waals surface area (Å²) in [6.45, 7) is 4.19. The van der Waals surface area contributed by atoms with Crippen LogP contribution in [0, 0.1) is 0 Å². The van der Waals surface area contributed by atoms with E-state index in [0.717, 1.165) is 23.1 Å². The molecule has 0 aliphatic rings. The summed E-state index contributed by atoms with van der Waals surface area (Å²) in [4.78, 5) is 4.30. The van der Waals surface area contributed by atoms with E-state index in [1.807, 2.05) is 16.8 Å². The molecular weight excluding hydrogens is 304 g/mol. The SMILES string of the molecule is CC(C)n1ncnc1CC(N)Cc1ccc(Br)cc1. The third kappa shape index (κ3) is 3.88. The van der Waals surface area contributed by atoms with Crippen molar-refractivity contribution in [3.63, 3.8) is 0 Å². The molecule has 0 spiro atoms. The van der Waals surface area contributed by atoms with Gasteiger partial charge in [0.15, 0.2) is 0 Å². The van der Waals surface area contributed by atoms with Crippen molar-refractivity contribution < 1.29 is 0 Å². The van der Waals surface area contributed by atoms with Crippen LogP contribution in [-0.2, 0) is 12.8 Å². The summed E-state index contributed by atoms with van der Waals surface area (Å²) in [5, 5.41) is 4.23. The van der Waals surface area contributed by atoms with Gasteiger partial charge in [-0.3, -0.25) is 0 Å². The van der Waals surface area contributed by atoms with Gasteiger partial charge in [-0.05, 0) is 38.0 Å². The zero-order valence-corrected chi connectivity index (χ0v) is 12.8. The van der Waals surface area contributed by atoms with Crippen LogP contribution < -0.4 is 5.73 Å². The molecule has 1 aromatic carbocycles. The Balaban J connectivity index is 1.99. The topological polar surface area (TPSA) is 56.7 Å². The lowest BCUT2D eigenvalue weighted by atomic mass is 10.0. The number of halogens is 1. The maximum atomic E-state index is 6.21. The van der Waals surface area contributed by atoms with Crippen LogP contribution in [0.25, 0.3) is 0 Å². The highest BCUT2D eigenvalue weighted by atomic mass is 79.9. The van der Waals surface area contributed by atoms with E-state index < -0.39 is 0 Å². The molecule has 0 bridgehead atoms. The van der Waals surface area contributed by atoms with Crippen LogP contribution in [0.1, 0.15) is 31.3 Å². The van der Waals surface area contributed by atoms with Crippen LogP contribution in [-0.4, -0.2) is 20.8 Å². The fraction of sp³-hybridized carbons (Fsp3) is 0.429. The summed E-state index contributed by atoms with van der Waals surface area (Å²) < 4.78 is 3.02. The Morgan fingerprint density at radius 2 is 1.89 bits per heavy atom. The van der Waals surface area contributed by atoms with Gasteiger partial charge in [0.25, 0.3) is 0 Å². The Hall–Kier alpha value is -1.20. The molecule has 5 heteroatoms. The van der Waals surface area contributed by atoms with Crippen LogP contribution in [0.15, 0.2) is 35.1 Å². The van der Waals surface area contributed by atoms with Crippen molar-refractivity contribution >= 4 is 15.9 Å². The van der Waals surface area contributed by atoms with Crippen molar-refractivity contribution in [3.8, 4) is 0 Å². The summed E-state index contributed by atoms with van der Waals surface area (Å²) in [5.74, 6) is 0.958. The van der Waals surface area contributed by atoms with E-state index >= 15 is 0 Å². The van der Waals surface area contributed by atoms with Gasteiger partial charge in [-0.15, -0.1) is 0 Å². The van der Waals surface area contributed by atoms with Gasteiger partial charge in [-0.25, -0.2) is 9.67 Å². The molecule has 0 aliphatic heterocycles.